The fraction of sp³-hybridized carbons (Fsp3) is 0.214. The fourth-order valence-corrected chi connectivity index (χ4v) is 4.67. The number of hydrogen-bond donors (Lipinski definition) is 1. The van der Waals surface area contributed by atoms with E-state index < -0.39 is 17.6 Å². The molecule has 1 aliphatic carbocycles. The number of anilines is 1. The molecule has 1 atom stereocenters. The number of carbonyl (C=O) groups is 2. The Kier molecular flexibility index (Phi) is 6.67. The topological polar surface area (TPSA) is 95.3 Å². The van der Waals surface area contributed by atoms with Crippen molar-refractivity contribution < 1.29 is 19.1 Å². The van der Waals surface area contributed by atoms with Crippen molar-refractivity contribution in [2.24, 2.45) is 0 Å². The largest absolute Gasteiger partial charge is 0.468 e. The summed E-state index contributed by atoms with van der Waals surface area (Å²) in [6.45, 7) is 1.75. The van der Waals surface area contributed by atoms with Crippen LogP contribution in [0.5, 0.6) is 0 Å². The summed E-state index contributed by atoms with van der Waals surface area (Å²) < 4.78 is 12.0. The highest BCUT2D eigenvalue weighted by Crippen LogP contribution is 2.49. The molecule has 1 aromatic heterocycles. The van der Waals surface area contributed by atoms with Crippen LogP contribution in [0.2, 0.25) is 5.02 Å². The van der Waals surface area contributed by atoms with Crippen molar-refractivity contribution >= 4 is 29.5 Å². The van der Waals surface area contributed by atoms with Crippen LogP contribution in [-0.4, -0.2) is 34.2 Å². The van der Waals surface area contributed by atoms with E-state index in [1.165, 1.54) is 18.0 Å². The number of halogens is 1. The third kappa shape index (κ3) is 4.93. The van der Waals surface area contributed by atoms with E-state index in [-0.39, 0.29) is 5.97 Å². The lowest BCUT2D eigenvalue weighted by molar-refractivity contribution is -0.143. The van der Waals surface area contributed by atoms with Crippen LogP contribution in [0.15, 0.2) is 79.0 Å². The number of nitrogens with one attached hydrogen (secondary N) is 1. The Morgan fingerprint density at radius 3 is 2.27 bits per heavy atom. The van der Waals surface area contributed by atoms with E-state index in [0.29, 0.717) is 16.4 Å². The predicted octanol–water partition coefficient (Wildman–Crippen LogP) is 6.10. The quantitative estimate of drug-likeness (QED) is 0.298. The SMILES string of the molecule is COC(=O)C1(c2ccc(-c3ccc(-n4nncc4NC(=O)O[C@H](C)c4ccccc4Cl)cc3)cc2)CC1. The Bertz CT molecular complexity index is 1430. The first-order valence-corrected chi connectivity index (χ1v) is 12.2. The van der Waals surface area contributed by atoms with Gasteiger partial charge in [-0.05, 0) is 54.7 Å². The van der Waals surface area contributed by atoms with E-state index in [2.05, 4.69) is 15.6 Å². The van der Waals surface area contributed by atoms with Crippen LogP contribution >= 0.6 is 11.6 Å². The monoisotopic (exact) mass is 516 g/mol. The minimum Gasteiger partial charge on any atom is -0.468 e. The Labute approximate surface area is 219 Å². The Morgan fingerprint density at radius 2 is 1.65 bits per heavy atom. The van der Waals surface area contributed by atoms with Gasteiger partial charge in [-0.1, -0.05) is 71.4 Å². The van der Waals surface area contributed by atoms with E-state index in [1.807, 2.05) is 66.7 Å². The van der Waals surface area contributed by atoms with Gasteiger partial charge in [-0.15, -0.1) is 5.10 Å². The van der Waals surface area contributed by atoms with Gasteiger partial charge in [0.2, 0.25) is 0 Å². The Morgan fingerprint density at radius 1 is 1.00 bits per heavy atom. The fourth-order valence-electron chi connectivity index (χ4n) is 4.38. The van der Waals surface area contributed by atoms with Crippen LogP contribution in [0.25, 0.3) is 16.8 Å². The first kappa shape index (κ1) is 24.5. The molecule has 0 aliphatic heterocycles. The van der Waals surface area contributed by atoms with Gasteiger partial charge in [-0.25, -0.2) is 4.79 Å². The second kappa shape index (κ2) is 10.1. The van der Waals surface area contributed by atoms with Crippen LogP contribution in [0, 0.1) is 0 Å². The van der Waals surface area contributed by atoms with Crippen molar-refractivity contribution in [3.63, 3.8) is 0 Å². The number of hydrogen-bond acceptors (Lipinski definition) is 6. The van der Waals surface area contributed by atoms with Gasteiger partial charge < -0.3 is 9.47 Å². The van der Waals surface area contributed by atoms with Crippen molar-refractivity contribution in [2.45, 2.75) is 31.3 Å². The summed E-state index contributed by atoms with van der Waals surface area (Å²) in [6, 6.07) is 22.9. The van der Waals surface area contributed by atoms with E-state index >= 15 is 0 Å². The molecule has 188 valence electrons. The smallest absolute Gasteiger partial charge is 0.413 e. The van der Waals surface area contributed by atoms with Gasteiger partial charge in [0.25, 0.3) is 0 Å². The summed E-state index contributed by atoms with van der Waals surface area (Å²) >= 11 is 6.20. The third-order valence-electron chi connectivity index (χ3n) is 6.62. The summed E-state index contributed by atoms with van der Waals surface area (Å²) in [7, 11) is 1.43. The Hall–Kier alpha value is -4.17. The zero-order chi connectivity index (χ0) is 26.0. The highest BCUT2D eigenvalue weighted by molar-refractivity contribution is 6.31. The van der Waals surface area contributed by atoms with Crippen molar-refractivity contribution in [2.75, 3.05) is 12.4 Å². The molecule has 0 radical (unpaired) electrons. The van der Waals surface area contributed by atoms with Gasteiger partial charge in [0.15, 0.2) is 5.82 Å². The Balaban J connectivity index is 1.27. The summed E-state index contributed by atoms with van der Waals surface area (Å²) in [5.41, 5.74) is 3.95. The zero-order valence-corrected chi connectivity index (χ0v) is 21.1. The molecule has 1 saturated carbocycles. The minimum absolute atomic E-state index is 0.177. The molecule has 0 unspecified atom stereocenters. The standard InChI is InChI=1S/C28H25ClN4O4/c1-18(23-5-3-4-6-24(23)29)37-27(35)31-25-17-30-32-33(25)22-13-9-20(10-14-22)19-7-11-21(12-8-19)28(15-16-28)26(34)36-2/h3-14,17-18H,15-16H2,1-2H3,(H,31,35)/t18-/m1/s1. The number of ether oxygens (including phenoxy) is 2. The number of rotatable bonds is 7. The lowest BCUT2D eigenvalue weighted by atomic mass is 9.94. The molecule has 1 heterocycles. The van der Waals surface area contributed by atoms with Gasteiger partial charge in [-0.3, -0.25) is 10.1 Å². The van der Waals surface area contributed by atoms with Gasteiger partial charge in [-0.2, -0.15) is 4.68 Å². The van der Waals surface area contributed by atoms with E-state index in [9.17, 15) is 9.59 Å². The summed E-state index contributed by atoms with van der Waals surface area (Å²) in [5.74, 6) is 0.190. The number of esters is 1. The van der Waals surface area contributed by atoms with Crippen LogP contribution in [0.4, 0.5) is 10.6 Å². The summed E-state index contributed by atoms with van der Waals surface area (Å²) in [5, 5.41) is 11.2. The highest BCUT2D eigenvalue weighted by atomic mass is 35.5. The number of benzene rings is 3. The first-order chi connectivity index (χ1) is 17.9. The second-order valence-corrected chi connectivity index (χ2v) is 9.33. The minimum atomic E-state index is -0.645. The van der Waals surface area contributed by atoms with Crippen LogP contribution in [0.1, 0.15) is 37.0 Å². The zero-order valence-electron chi connectivity index (χ0n) is 20.3. The predicted molar refractivity (Wildman–Crippen MR) is 140 cm³/mol. The molecule has 9 heteroatoms. The molecule has 3 aromatic carbocycles. The normalized spacial score (nSPS) is 14.5. The van der Waals surface area contributed by atoms with E-state index in [1.54, 1.807) is 13.0 Å². The van der Waals surface area contributed by atoms with Gasteiger partial charge >= 0.3 is 12.1 Å². The second-order valence-electron chi connectivity index (χ2n) is 8.92. The highest BCUT2D eigenvalue weighted by Gasteiger charge is 2.52. The molecule has 1 fully saturated rings. The molecular formula is C28H25ClN4O4. The molecule has 0 spiro atoms. The van der Waals surface area contributed by atoms with E-state index in [4.69, 9.17) is 21.1 Å². The van der Waals surface area contributed by atoms with Crippen molar-refractivity contribution in [1.82, 2.24) is 15.0 Å². The summed E-state index contributed by atoms with van der Waals surface area (Å²) in [4.78, 5) is 24.7. The molecule has 8 nitrogen and oxygen atoms in total. The molecule has 5 rings (SSSR count). The maximum absolute atomic E-state index is 12.5. The molecule has 1 amide bonds. The summed E-state index contributed by atoms with van der Waals surface area (Å²) in [6.07, 6.45) is 1.89. The van der Waals surface area contributed by atoms with Gasteiger partial charge in [0, 0.05) is 10.6 Å². The van der Waals surface area contributed by atoms with Crippen LogP contribution < -0.4 is 5.32 Å². The van der Waals surface area contributed by atoms with Crippen LogP contribution in [-0.2, 0) is 19.7 Å². The molecule has 1 aliphatic rings. The van der Waals surface area contributed by atoms with Crippen molar-refractivity contribution in [1.29, 1.82) is 0 Å². The number of methoxy groups -OCH3 is 1. The molecule has 0 saturated heterocycles. The average Bonchev–Trinajstić information content (AvgIpc) is 3.61. The number of nitrogens with zero attached hydrogens (tertiary/aromatic N) is 3. The van der Waals surface area contributed by atoms with Gasteiger partial charge in [0.1, 0.15) is 6.10 Å². The van der Waals surface area contributed by atoms with Crippen LogP contribution in [0.3, 0.4) is 0 Å². The maximum atomic E-state index is 12.5. The number of carbonyl (C=O) groups excluding carboxylic acids is 2. The molecule has 37 heavy (non-hydrogen) atoms. The third-order valence-corrected chi connectivity index (χ3v) is 6.96. The number of amides is 1. The molecule has 1 N–H and O–H groups in total. The lowest BCUT2D eigenvalue weighted by Crippen LogP contribution is -2.21. The van der Waals surface area contributed by atoms with E-state index in [0.717, 1.165) is 35.2 Å². The molecular weight excluding hydrogens is 492 g/mol. The average molecular weight is 517 g/mol. The van der Waals surface area contributed by atoms with Crippen molar-refractivity contribution in [3.8, 4) is 16.8 Å². The molecule has 0 bridgehead atoms. The van der Waals surface area contributed by atoms with Gasteiger partial charge in [0.05, 0.1) is 24.4 Å². The lowest BCUT2D eigenvalue weighted by Gasteiger charge is -2.15. The van der Waals surface area contributed by atoms with Crippen molar-refractivity contribution in [3.05, 3.63) is 95.1 Å². The maximum Gasteiger partial charge on any atom is 0.413 e. The number of aromatic nitrogens is 3. The first-order valence-electron chi connectivity index (χ1n) is 11.8. The molecule has 4 aromatic rings.